The highest BCUT2D eigenvalue weighted by Crippen LogP contribution is 1.99. The van der Waals surface area contributed by atoms with Crippen molar-refractivity contribution in [3.05, 3.63) is 0 Å². The molecule has 66 valence electrons. The van der Waals surface area contributed by atoms with Gasteiger partial charge in [-0.05, 0) is 26.8 Å². The highest BCUT2D eigenvalue weighted by molar-refractivity contribution is 5.49. The molecule has 11 heavy (non-hydrogen) atoms. The molecular formula is C9H19NO. The molecule has 0 heterocycles. The zero-order valence-corrected chi connectivity index (χ0v) is 7.84. The standard InChI is InChI=1S/C9H19NO/c1-4-6-10(9(2)3)7-5-8-11/h8-9H,4-7H2,1-3H3. The summed E-state index contributed by atoms with van der Waals surface area (Å²) in [4.78, 5) is 12.4. The Morgan fingerprint density at radius 3 is 2.36 bits per heavy atom. The quantitative estimate of drug-likeness (QED) is 0.547. The molecule has 0 bridgehead atoms. The third-order valence-corrected chi connectivity index (χ3v) is 1.78. The van der Waals surface area contributed by atoms with Crippen LogP contribution in [0, 0.1) is 0 Å². The smallest absolute Gasteiger partial charge is 0.121 e. The first-order valence-corrected chi connectivity index (χ1v) is 4.40. The van der Waals surface area contributed by atoms with Crippen LogP contribution in [0.2, 0.25) is 0 Å². The average Bonchev–Trinajstić information content (AvgIpc) is 1.97. The summed E-state index contributed by atoms with van der Waals surface area (Å²) in [5, 5.41) is 0. The normalized spacial score (nSPS) is 11.0. The van der Waals surface area contributed by atoms with Gasteiger partial charge in [0, 0.05) is 19.0 Å². The molecule has 0 saturated carbocycles. The fourth-order valence-corrected chi connectivity index (χ4v) is 1.13. The molecule has 0 atom stereocenters. The van der Waals surface area contributed by atoms with E-state index in [2.05, 4.69) is 25.7 Å². The molecule has 0 unspecified atom stereocenters. The van der Waals surface area contributed by atoms with E-state index in [1.54, 1.807) is 0 Å². The third-order valence-electron chi connectivity index (χ3n) is 1.78. The number of rotatable bonds is 6. The molecule has 0 amide bonds. The average molecular weight is 157 g/mol. The highest BCUT2D eigenvalue weighted by Gasteiger charge is 2.06. The van der Waals surface area contributed by atoms with Crippen LogP contribution in [0.1, 0.15) is 33.6 Å². The van der Waals surface area contributed by atoms with E-state index in [1.807, 2.05) is 0 Å². The predicted molar refractivity (Wildman–Crippen MR) is 47.7 cm³/mol. The number of aldehydes is 1. The van der Waals surface area contributed by atoms with Crippen LogP contribution in [-0.4, -0.2) is 30.3 Å². The molecule has 0 fully saturated rings. The van der Waals surface area contributed by atoms with E-state index in [0.29, 0.717) is 12.5 Å². The first-order chi connectivity index (χ1) is 5.22. The Bertz CT molecular complexity index is 102. The lowest BCUT2D eigenvalue weighted by Crippen LogP contribution is -2.32. The first kappa shape index (κ1) is 10.6. The summed E-state index contributed by atoms with van der Waals surface area (Å²) in [6.45, 7) is 8.51. The van der Waals surface area contributed by atoms with E-state index in [-0.39, 0.29) is 0 Å². The summed E-state index contributed by atoms with van der Waals surface area (Å²) in [6.07, 6.45) is 2.82. The second-order valence-electron chi connectivity index (χ2n) is 3.09. The molecule has 0 aliphatic rings. The topological polar surface area (TPSA) is 20.3 Å². The molecule has 0 aromatic rings. The second kappa shape index (κ2) is 6.35. The number of nitrogens with zero attached hydrogens (tertiary/aromatic N) is 1. The zero-order valence-electron chi connectivity index (χ0n) is 7.84. The van der Waals surface area contributed by atoms with E-state index < -0.39 is 0 Å². The van der Waals surface area contributed by atoms with Crippen molar-refractivity contribution in [2.24, 2.45) is 0 Å². The lowest BCUT2D eigenvalue weighted by Gasteiger charge is -2.24. The molecule has 0 aliphatic carbocycles. The van der Waals surface area contributed by atoms with Crippen LogP contribution in [0.5, 0.6) is 0 Å². The maximum atomic E-state index is 10.1. The van der Waals surface area contributed by atoms with Crippen molar-refractivity contribution in [1.82, 2.24) is 4.90 Å². The van der Waals surface area contributed by atoms with E-state index in [1.165, 1.54) is 0 Å². The number of carbonyl (C=O) groups excluding carboxylic acids is 1. The molecule has 2 nitrogen and oxygen atoms in total. The number of hydrogen-bond donors (Lipinski definition) is 0. The van der Waals surface area contributed by atoms with Crippen LogP contribution in [0.4, 0.5) is 0 Å². The largest absolute Gasteiger partial charge is 0.303 e. The van der Waals surface area contributed by atoms with Gasteiger partial charge in [0.25, 0.3) is 0 Å². The van der Waals surface area contributed by atoms with Crippen molar-refractivity contribution < 1.29 is 4.79 Å². The maximum Gasteiger partial charge on any atom is 0.121 e. The molecule has 0 radical (unpaired) electrons. The van der Waals surface area contributed by atoms with Crippen LogP contribution in [-0.2, 0) is 4.79 Å². The minimum atomic E-state index is 0.565. The monoisotopic (exact) mass is 157 g/mol. The van der Waals surface area contributed by atoms with E-state index in [9.17, 15) is 4.79 Å². The molecule has 0 N–H and O–H groups in total. The fraction of sp³-hybridized carbons (Fsp3) is 0.889. The molecule has 0 saturated heterocycles. The van der Waals surface area contributed by atoms with Crippen molar-refractivity contribution >= 4 is 6.29 Å². The van der Waals surface area contributed by atoms with Gasteiger partial charge in [0.1, 0.15) is 6.29 Å². The first-order valence-electron chi connectivity index (χ1n) is 4.40. The van der Waals surface area contributed by atoms with Gasteiger partial charge >= 0.3 is 0 Å². The Morgan fingerprint density at radius 1 is 1.36 bits per heavy atom. The molecule has 2 heteroatoms. The number of hydrogen-bond acceptors (Lipinski definition) is 2. The Morgan fingerprint density at radius 2 is 2.00 bits per heavy atom. The second-order valence-corrected chi connectivity index (χ2v) is 3.09. The SMILES string of the molecule is CCCN(CCC=O)C(C)C. The summed E-state index contributed by atoms with van der Waals surface area (Å²) in [5.74, 6) is 0. The van der Waals surface area contributed by atoms with Gasteiger partial charge in [-0.3, -0.25) is 0 Å². The molecular weight excluding hydrogens is 138 g/mol. The van der Waals surface area contributed by atoms with Crippen LogP contribution in [0.15, 0.2) is 0 Å². The fourth-order valence-electron chi connectivity index (χ4n) is 1.13. The molecule has 0 aromatic carbocycles. The van der Waals surface area contributed by atoms with Gasteiger partial charge in [-0.15, -0.1) is 0 Å². The molecule has 0 aromatic heterocycles. The lowest BCUT2D eigenvalue weighted by molar-refractivity contribution is -0.108. The molecule has 0 rings (SSSR count). The van der Waals surface area contributed by atoms with Crippen molar-refractivity contribution in [2.75, 3.05) is 13.1 Å². The molecule has 0 aliphatic heterocycles. The Labute approximate surface area is 69.6 Å². The van der Waals surface area contributed by atoms with Crippen molar-refractivity contribution in [3.8, 4) is 0 Å². The lowest BCUT2D eigenvalue weighted by atomic mass is 10.2. The van der Waals surface area contributed by atoms with Crippen LogP contribution < -0.4 is 0 Å². The van der Waals surface area contributed by atoms with Gasteiger partial charge < -0.3 is 9.69 Å². The van der Waals surface area contributed by atoms with Gasteiger partial charge in [-0.25, -0.2) is 0 Å². The van der Waals surface area contributed by atoms with Crippen molar-refractivity contribution in [1.29, 1.82) is 0 Å². The summed E-state index contributed by atoms with van der Waals surface area (Å²) in [7, 11) is 0. The highest BCUT2D eigenvalue weighted by atomic mass is 16.1. The predicted octanol–water partition coefficient (Wildman–Crippen LogP) is 1.70. The van der Waals surface area contributed by atoms with Crippen LogP contribution in [0.25, 0.3) is 0 Å². The van der Waals surface area contributed by atoms with E-state index in [0.717, 1.165) is 25.8 Å². The Kier molecular flexibility index (Phi) is 6.13. The summed E-state index contributed by atoms with van der Waals surface area (Å²) in [6, 6.07) is 0.565. The van der Waals surface area contributed by atoms with E-state index in [4.69, 9.17) is 0 Å². The Hall–Kier alpha value is -0.370. The van der Waals surface area contributed by atoms with Gasteiger partial charge in [0.05, 0.1) is 0 Å². The van der Waals surface area contributed by atoms with Crippen molar-refractivity contribution in [3.63, 3.8) is 0 Å². The zero-order chi connectivity index (χ0) is 8.69. The van der Waals surface area contributed by atoms with Gasteiger partial charge in [0.2, 0.25) is 0 Å². The minimum absolute atomic E-state index is 0.565. The van der Waals surface area contributed by atoms with Crippen LogP contribution in [0.3, 0.4) is 0 Å². The summed E-state index contributed by atoms with van der Waals surface area (Å²) < 4.78 is 0. The number of carbonyl (C=O) groups is 1. The van der Waals surface area contributed by atoms with Gasteiger partial charge in [-0.1, -0.05) is 6.92 Å². The Balaban J connectivity index is 3.59. The van der Waals surface area contributed by atoms with Crippen molar-refractivity contribution in [2.45, 2.75) is 39.7 Å². The third kappa shape index (κ3) is 4.96. The van der Waals surface area contributed by atoms with Gasteiger partial charge in [0.15, 0.2) is 0 Å². The van der Waals surface area contributed by atoms with Gasteiger partial charge in [-0.2, -0.15) is 0 Å². The summed E-state index contributed by atoms with van der Waals surface area (Å²) >= 11 is 0. The summed E-state index contributed by atoms with van der Waals surface area (Å²) in [5.41, 5.74) is 0. The molecule has 0 spiro atoms. The maximum absolute atomic E-state index is 10.1. The van der Waals surface area contributed by atoms with Crippen LogP contribution >= 0.6 is 0 Å². The van der Waals surface area contributed by atoms with E-state index >= 15 is 0 Å². The minimum Gasteiger partial charge on any atom is -0.303 e.